The van der Waals surface area contributed by atoms with E-state index in [1.54, 1.807) is 28.9 Å². The lowest BCUT2D eigenvalue weighted by atomic mass is 10.1. The van der Waals surface area contributed by atoms with Crippen LogP contribution in [0, 0.1) is 13.8 Å². The summed E-state index contributed by atoms with van der Waals surface area (Å²) >= 11 is 5.58. The minimum atomic E-state index is -0.271. The number of carbonyl (C=O) groups is 2. The first-order chi connectivity index (χ1) is 13.5. The summed E-state index contributed by atoms with van der Waals surface area (Å²) in [5.74, 6) is -0.216. The summed E-state index contributed by atoms with van der Waals surface area (Å²) < 4.78 is 1.80. The molecule has 2 aromatic carbocycles. The number of amides is 2. The van der Waals surface area contributed by atoms with Crippen LogP contribution in [0.25, 0.3) is 5.69 Å². The van der Waals surface area contributed by atoms with E-state index in [1.807, 2.05) is 44.2 Å². The molecule has 28 heavy (non-hydrogen) atoms. The lowest BCUT2D eigenvalue weighted by molar-refractivity contribution is -0.115. The number of hydrogen-bond donors (Lipinski definition) is 2. The lowest BCUT2D eigenvalue weighted by Gasteiger charge is -2.09. The number of alkyl halides is 1. The number of halogens is 1. The Hall–Kier alpha value is -3.12. The predicted octanol–water partition coefficient (Wildman–Crippen LogP) is 4.31. The van der Waals surface area contributed by atoms with Crippen LogP contribution in [0.1, 0.15) is 28.2 Å². The van der Waals surface area contributed by atoms with Gasteiger partial charge in [0.25, 0.3) is 5.91 Å². The molecule has 144 valence electrons. The molecule has 0 spiro atoms. The van der Waals surface area contributed by atoms with E-state index < -0.39 is 0 Å². The molecule has 0 saturated carbocycles. The average Bonchev–Trinajstić information content (AvgIpc) is 2.97. The zero-order valence-corrected chi connectivity index (χ0v) is 16.5. The topological polar surface area (TPSA) is 76.0 Å². The molecule has 1 heterocycles. The standard InChI is InChI=1S/C21H21ClN4O2/c1-14-20(15(2)26(25-14)18-9-4-3-5-10-18)24-21(28)16-7-6-8-17(13-16)23-19(27)11-12-22/h3-10,13H,11-12H2,1-2H3,(H,23,27)(H,24,28). The smallest absolute Gasteiger partial charge is 0.255 e. The van der Waals surface area contributed by atoms with Crippen molar-refractivity contribution in [2.45, 2.75) is 20.3 Å². The van der Waals surface area contributed by atoms with E-state index in [1.165, 1.54) is 0 Å². The molecule has 0 bridgehead atoms. The minimum absolute atomic E-state index is 0.191. The summed E-state index contributed by atoms with van der Waals surface area (Å²) in [6.45, 7) is 3.76. The summed E-state index contributed by atoms with van der Waals surface area (Å²) in [7, 11) is 0. The van der Waals surface area contributed by atoms with E-state index in [-0.39, 0.29) is 24.1 Å². The van der Waals surface area contributed by atoms with Crippen molar-refractivity contribution in [2.75, 3.05) is 16.5 Å². The maximum Gasteiger partial charge on any atom is 0.255 e. The van der Waals surface area contributed by atoms with Gasteiger partial charge in [-0.1, -0.05) is 24.3 Å². The molecular formula is C21H21ClN4O2. The van der Waals surface area contributed by atoms with Crippen LogP contribution in [-0.2, 0) is 4.79 Å². The van der Waals surface area contributed by atoms with Gasteiger partial charge in [0.1, 0.15) is 0 Å². The van der Waals surface area contributed by atoms with Crippen molar-refractivity contribution in [2.24, 2.45) is 0 Å². The molecular weight excluding hydrogens is 376 g/mol. The zero-order valence-electron chi connectivity index (χ0n) is 15.7. The van der Waals surface area contributed by atoms with Crippen LogP contribution in [0.4, 0.5) is 11.4 Å². The van der Waals surface area contributed by atoms with Crippen molar-refractivity contribution in [1.82, 2.24) is 9.78 Å². The van der Waals surface area contributed by atoms with Crippen molar-refractivity contribution >= 4 is 34.8 Å². The van der Waals surface area contributed by atoms with Crippen LogP contribution < -0.4 is 10.6 Å². The van der Waals surface area contributed by atoms with E-state index in [9.17, 15) is 9.59 Å². The number of carbonyl (C=O) groups excluding carboxylic acids is 2. The Bertz CT molecular complexity index is 999. The third kappa shape index (κ3) is 4.40. The van der Waals surface area contributed by atoms with Crippen molar-refractivity contribution < 1.29 is 9.59 Å². The Balaban J connectivity index is 1.80. The number of para-hydroxylation sites is 1. The Morgan fingerprint density at radius 2 is 1.79 bits per heavy atom. The maximum absolute atomic E-state index is 12.7. The van der Waals surface area contributed by atoms with Gasteiger partial charge in [-0.05, 0) is 44.2 Å². The molecule has 3 rings (SSSR count). The van der Waals surface area contributed by atoms with Crippen molar-refractivity contribution in [3.05, 3.63) is 71.5 Å². The van der Waals surface area contributed by atoms with E-state index in [2.05, 4.69) is 15.7 Å². The van der Waals surface area contributed by atoms with Crippen LogP contribution in [0.15, 0.2) is 54.6 Å². The van der Waals surface area contributed by atoms with Crippen molar-refractivity contribution in [1.29, 1.82) is 0 Å². The van der Waals surface area contributed by atoms with Crippen LogP contribution in [0.3, 0.4) is 0 Å². The number of aromatic nitrogens is 2. The van der Waals surface area contributed by atoms with E-state index in [0.717, 1.165) is 17.1 Å². The van der Waals surface area contributed by atoms with Crippen LogP contribution in [0.5, 0.6) is 0 Å². The molecule has 1 aromatic heterocycles. The summed E-state index contributed by atoms with van der Waals surface area (Å²) in [4.78, 5) is 24.5. The van der Waals surface area contributed by atoms with Gasteiger partial charge in [0, 0.05) is 23.6 Å². The Morgan fingerprint density at radius 3 is 2.50 bits per heavy atom. The third-order valence-corrected chi connectivity index (χ3v) is 4.45. The van der Waals surface area contributed by atoms with E-state index >= 15 is 0 Å². The lowest BCUT2D eigenvalue weighted by Crippen LogP contribution is -2.15. The monoisotopic (exact) mass is 396 g/mol. The average molecular weight is 397 g/mol. The molecule has 2 amide bonds. The van der Waals surface area contributed by atoms with Crippen molar-refractivity contribution in [3.63, 3.8) is 0 Å². The number of rotatable bonds is 6. The Morgan fingerprint density at radius 1 is 1.04 bits per heavy atom. The van der Waals surface area contributed by atoms with Gasteiger partial charge in [0.05, 0.1) is 22.8 Å². The van der Waals surface area contributed by atoms with Gasteiger partial charge in [-0.15, -0.1) is 11.6 Å². The van der Waals surface area contributed by atoms with Crippen LogP contribution >= 0.6 is 11.6 Å². The fourth-order valence-corrected chi connectivity index (χ4v) is 3.05. The molecule has 0 atom stereocenters. The molecule has 0 aliphatic carbocycles. The van der Waals surface area contributed by atoms with Crippen LogP contribution in [-0.4, -0.2) is 27.5 Å². The summed E-state index contributed by atoms with van der Waals surface area (Å²) in [6.07, 6.45) is 0.217. The second-order valence-electron chi connectivity index (χ2n) is 6.32. The maximum atomic E-state index is 12.7. The molecule has 0 aliphatic heterocycles. The second-order valence-corrected chi connectivity index (χ2v) is 6.69. The van der Waals surface area contributed by atoms with Gasteiger partial charge in [0.2, 0.25) is 5.91 Å². The molecule has 6 nitrogen and oxygen atoms in total. The van der Waals surface area contributed by atoms with Gasteiger partial charge in [-0.3, -0.25) is 9.59 Å². The van der Waals surface area contributed by atoms with Crippen LogP contribution in [0.2, 0.25) is 0 Å². The number of nitrogens with one attached hydrogen (secondary N) is 2. The highest BCUT2D eigenvalue weighted by Crippen LogP contribution is 2.23. The number of nitrogens with zero attached hydrogens (tertiary/aromatic N) is 2. The largest absolute Gasteiger partial charge is 0.326 e. The minimum Gasteiger partial charge on any atom is -0.326 e. The summed E-state index contributed by atoms with van der Waals surface area (Å²) in [6, 6.07) is 16.5. The first-order valence-corrected chi connectivity index (χ1v) is 9.42. The molecule has 0 saturated heterocycles. The number of benzene rings is 2. The molecule has 0 fully saturated rings. The molecule has 7 heteroatoms. The molecule has 0 aliphatic rings. The number of anilines is 2. The van der Waals surface area contributed by atoms with E-state index in [4.69, 9.17) is 11.6 Å². The zero-order chi connectivity index (χ0) is 20.1. The molecule has 0 unspecified atom stereocenters. The molecule has 2 N–H and O–H groups in total. The van der Waals surface area contributed by atoms with Gasteiger partial charge in [-0.25, -0.2) is 4.68 Å². The quantitative estimate of drug-likeness (QED) is 0.609. The molecule has 3 aromatic rings. The van der Waals surface area contributed by atoms with Gasteiger partial charge in [0.15, 0.2) is 0 Å². The number of aryl methyl sites for hydroxylation is 1. The summed E-state index contributed by atoms with van der Waals surface area (Å²) in [5, 5.41) is 10.2. The normalized spacial score (nSPS) is 10.5. The molecule has 0 radical (unpaired) electrons. The predicted molar refractivity (Wildman–Crippen MR) is 111 cm³/mol. The number of hydrogen-bond acceptors (Lipinski definition) is 3. The Labute approximate surface area is 168 Å². The first kappa shape index (κ1) is 19.6. The van der Waals surface area contributed by atoms with E-state index in [0.29, 0.717) is 16.9 Å². The van der Waals surface area contributed by atoms with Gasteiger partial charge < -0.3 is 10.6 Å². The second kappa shape index (κ2) is 8.71. The SMILES string of the molecule is Cc1nn(-c2ccccc2)c(C)c1NC(=O)c1cccc(NC(=O)CCCl)c1. The summed E-state index contributed by atoms with van der Waals surface area (Å²) in [5.41, 5.74) is 4.15. The highest BCUT2D eigenvalue weighted by Gasteiger charge is 2.16. The third-order valence-electron chi connectivity index (χ3n) is 4.26. The van der Waals surface area contributed by atoms with Gasteiger partial charge in [-0.2, -0.15) is 5.10 Å². The highest BCUT2D eigenvalue weighted by molar-refractivity contribution is 6.19. The highest BCUT2D eigenvalue weighted by atomic mass is 35.5. The fourth-order valence-electron chi connectivity index (χ4n) is 2.88. The first-order valence-electron chi connectivity index (χ1n) is 8.88. The fraction of sp³-hybridized carbons (Fsp3) is 0.190. The van der Waals surface area contributed by atoms with Gasteiger partial charge >= 0.3 is 0 Å². The Kier molecular flexibility index (Phi) is 6.11. The van der Waals surface area contributed by atoms with Crippen molar-refractivity contribution in [3.8, 4) is 5.69 Å².